The van der Waals surface area contributed by atoms with Gasteiger partial charge in [0.15, 0.2) is 0 Å². The molecule has 2 N–H and O–H groups in total. The zero-order valence-electron chi connectivity index (χ0n) is 12.6. The predicted octanol–water partition coefficient (Wildman–Crippen LogP) is 3.17. The molecule has 1 unspecified atom stereocenters. The second-order valence-electron chi connectivity index (χ2n) is 3.52. The zero-order valence-corrected chi connectivity index (χ0v) is 13.4. The maximum atomic E-state index is 11.6. The van der Waals surface area contributed by atoms with Crippen LogP contribution >= 0.6 is 11.8 Å². The molecule has 0 rings (SSSR count). The van der Waals surface area contributed by atoms with Crippen LogP contribution in [-0.2, 0) is 14.3 Å². The van der Waals surface area contributed by atoms with E-state index in [0.717, 1.165) is 24.6 Å². The third-order valence-corrected chi connectivity index (χ3v) is 2.97. The van der Waals surface area contributed by atoms with E-state index in [1.54, 1.807) is 0 Å². The number of ether oxygens (including phenoxy) is 2. The number of carbonyl (C=O) groups excluding carboxylic acids is 2. The molecule has 0 amide bonds. The van der Waals surface area contributed by atoms with Crippen LogP contribution in [0.15, 0.2) is 0 Å². The molecule has 0 fully saturated rings. The van der Waals surface area contributed by atoms with Gasteiger partial charge in [-0.1, -0.05) is 27.7 Å². The Morgan fingerprint density at radius 3 is 2.11 bits per heavy atom. The van der Waals surface area contributed by atoms with Gasteiger partial charge in [0.25, 0.3) is 0 Å². The van der Waals surface area contributed by atoms with E-state index in [0.29, 0.717) is 12.3 Å². The molecule has 0 aromatic rings. The average Bonchev–Trinajstić information content (AvgIpc) is 2.39. The highest BCUT2D eigenvalue weighted by Crippen LogP contribution is 2.13. The summed E-state index contributed by atoms with van der Waals surface area (Å²) in [6.07, 6.45) is 0.594. The summed E-state index contributed by atoms with van der Waals surface area (Å²) in [5.41, 5.74) is 5.25. The summed E-state index contributed by atoms with van der Waals surface area (Å²) < 4.78 is 9.91. The molecular weight excluding hydrogens is 266 g/mol. The molecule has 19 heavy (non-hydrogen) atoms. The van der Waals surface area contributed by atoms with Crippen LogP contribution in [0.5, 0.6) is 0 Å². The first-order chi connectivity index (χ1) is 9.04. The van der Waals surface area contributed by atoms with E-state index in [2.05, 4.69) is 0 Å². The molecule has 0 radical (unpaired) electrons. The van der Waals surface area contributed by atoms with Gasteiger partial charge in [0.05, 0.1) is 5.92 Å². The topological polar surface area (TPSA) is 78.6 Å². The van der Waals surface area contributed by atoms with Crippen LogP contribution in [0, 0.1) is 5.92 Å². The van der Waals surface area contributed by atoms with Gasteiger partial charge in [0, 0.05) is 19.2 Å². The maximum Gasteiger partial charge on any atom is 0.370 e. The van der Waals surface area contributed by atoms with Crippen LogP contribution in [0.2, 0.25) is 0 Å². The minimum Gasteiger partial charge on any atom is -0.425 e. The summed E-state index contributed by atoms with van der Waals surface area (Å²) in [4.78, 5) is 22.8. The van der Waals surface area contributed by atoms with Gasteiger partial charge in [0.1, 0.15) is 0 Å². The summed E-state index contributed by atoms with van der Waals surface area (Å²) in [7, 11) is 0. The van der Waals surface area contributed by atoms with Crippen molar-refractivity contribution >= 4 is 23.0 Å². The Bertz CT molecular complexity index is 245. The Labute approximate surface area is 120 Å². The summed E-state index contributed by atoms with van der Waals surface area (Å²) >= 11 is 0.974. The number of esters is 1. The lowest BCUT2D eigenvalue weighted by molar-refractivity contribution is -0.169. The van der Waals surface area contributed by atoms with Crippen LogP contribution in [0.3, 0.4) is 0 Å². The van der Waals surface area contributed by atoms with Gasteiger partial charge < -0.3 is 15.2 Å². The van der Waals surface area contributed by atoms with Crippen LogP contribution in [0.25, 0.3) is 0 Å². The van der Waals surface area contributed by atoms with Gasteiger partial charge in [-0.3, -0.25) is 4.79 Å². The normalized spacial score (nSPS) is 11.3. The fourth-order valence-electron chi connectivity index (χ4n) is 1.22. The number of carbonyl (C=O) groups is 2. The summed E-state index contributed by atoms with van der Waals surface area (Å²) in [5.74, 6) is 0.0402. The van der Waals surface area contributed by atoms with Crippen LogP contribution < -0.4 is 5.73 Å². The van der Waals surface area contributed by atoms with Crippen molar-refractivity contribution in [3.8, 4) is 0 Å². The van der Waals surface area contributed by atoms with Crippen molar-refractivity contribution in [2.45, 2.75) is 53.8 Å². The number of hydrogen-bond donors (Lipinski definition) is 1. The van der Waals surface area contributed by atoms with Gasteiger partial charge in [-0.25, -0.2) is 4.79 Å². The van der Waals surface area contributed by atoms with Crippen molar-refractivity contribution in [2.75, 3.05) is 12.3 Å². The molecule has 0 aliphatic rings. The Balaban J connectivity index is 0. The second kappa shape index (κ2) is 13.7. The molecule has 0 saturated heterocycles. The van der Waals surface area contributed by atoms with Crippen molar-refractivity contribution in [3.05, 3.63) is 0 Å². The average molecular weight is 293 g/mol. The van der Waals surface area contributed by atoms with E-state index in [9.17, 15) is 9.59 Å². The summed E-state index contributed by atoms with van der Waals surface area (Å²) in [6, 6.07) is 0. The minimum absolute atomic E-state index is 0.132. The quantitative estimate of drug-likeness (QED) is 0.574. The van der Waals surface area contributed by atoms with Crippen LogP contribution in [0.1, 0.15) is 47.5 Å². The Hall–Kier alpha value is -0.750. The van der Waals surface area contributed by atoms with E-state index in [4.69, 9.17) is 15.2 Å². The van der Waals surface area contributed by atoms with E-state index in [1.807, 2.05) is 27.7 Å². The molecule has 1 atom stereocenters. The first-order valence-corrected chi connectivity index (χ1v) is 7.77. The van der Waals surface area contributed by atoms with E-state index >= 15 is 0 Å². The van der Waals surface area contributed by atoms with Crippen molar-refractivity contribution in [1.29, 1.82) is 0 Å². The number of rotatable bonds is 7. The number of thioether (sulfide) groups is 1. The fourth-order valence-corrected chi connectivity index (χ4v) is 1.71. The standard InChI is InChI=1S/C11H21NO4S.C2H6/c1-4-9(5-2)10(13)15-8(3)16-11(14)17-7-6-12;1-2/h8-9H,4-7,12H2,1-3H3;1-2H3. The van der Waals surface area contributed by atoms with E-state index < -0.39 is 11.6 Å². The number of hydrogen-bond acceptors (Lipinski definition) is 6. The zero-order chi connectivity index (χ0) is 15.3. The molecule has 0 heterocycles. The van der Waals surface area contributed by atoms with Gasteiger partial charge in [0.2, 0.25) is 6.29 Å². The molecule has 0 aliphatic heterocycles. The lowest BCUT2D eigenvalue weighted by Gasteiger charge is -2.17. The first-order valence-electron chi connectivity index (χ1n) is 6.79. The summed E-state index contributed by atoms with van der Waals surface area (Å²) in [6.45, 7) is 9.77. The molecule has 114 valence electrons. The van der Waals surface area contributed by atoms with Gasteiger partial charge in [-0.05, 0) is 24.6 Å². The molecule has 0 aromatic carbocycles. The molecule has 0 saturated carbocycles. The lowest BCUT2D eigenvalue weighted by atomic mass is 10.0. The van der Waals surface area contributed by atoms with Crippen molar-refractivity contribution in [2.24, 2.45) is 11.7 Å². The minimum atomic E-state index is -0.846. The Kier molecular flexibility index (Phi) is 14.8. The highest BCUT2D eigenvalue weighted by molar-refractivity contribution is 8.13. The monoisotopic (exact) mass is 293 g/mol. The first kappa shape index (κ1) is 20.6. The van der Waals surface area contributed by atoms with Crippen molar-refractivity contribution in [1.82, 2.24) is 0 Å². The SMILES string of the molecule is CC.CCC(CC)C(=O)OC(C)OC(=O)SCCN. The third-order valence-electron chi connectivity index (χ3n) is 2.20. The molecule has 0 spiro atoms. The molecule has 0 aromatic heterocycles. The lowest BCUT2D eigenvalue weighted by Crippen LogP contribution is -2.25. The Morgan fingerprint density at radius 1 is 1.16 bits per heavy atom. The van der Waals surface area contributed by atoms with Gasteiger partial charge in [-0.2, -0.15) is 0 Å². The molecular formula is C13H27NO4S. The second-order valence-corrected chi connectivity index (χ2v) is 4.55. The largest absolute Gasteiger partial charge is 0.425 e. The van der Waals surface area contributed by atoms with E-state index in [-0.39, 0.29) is 11.9 Å². The van der Waals surface area contributed by atoms with Gasteiger partial charge >= 0.3 is 11.3 Å². The maximum absolute atomic E-state index is 11.6. The molecule has 0 bridgehead atoms. The molecule has 6 heteroatoms. The highest BCUT2D eigenvalue weighted by Gasteiger charge is 2.20. The highest BCUT2D eigenvalue weighted by atomic mass is 32.2. The third kappa shape index (κ3) is 10.8. The van der Waals surface area contributed by atoms with Crippen LogP contribution in [0.4, 0.5) is 4.79 Å². The van der Waals surface area contributed by atoms with E-state index in [1.165, 1.54) is 6.92 Å². The van der Waals surface area contributed by atoms with Crippen LogP contribution in [-0.4, -0.2) is 29.9 Å². The van der Waals surface area contributed by atoms with Gasteiger partial charge in [-0.15, -0.1) is 0 Å². The molecule has 5 nitrogen and oxygen atoms in total. The molecule has 0 aliphatic carbocycles. The van der Waals surface area contributed by atoms with Crippen molar-refractivity contribution < 1.29 is 19.1 Å². The summed E-state index contributed by atoms with van der Waals surface area (Å²) in [5, 5.41) is -0.472. The smallest absolute Gasteiger partial charge is 0.370 e. The Morgan fingerprint density at radius 2 is 1.68 bits per heavy atom. The fraction of sp³-hybridized carbons (Fsp3) is 0.846. The predicted molar refractivity (Wildman–Crippen MR) is 79.0 cm³/mol. The number of nitrogens with two attached hydrogens (primary N) is 1. The van der Waals surface area contributed by atoms with Crippen molar-refractivity contribution in [3.63, 3.8) is 0 Å².